The topological polar surface area (TPSA) is 53.1 Å². The number of likely N-dealkylation sites (N-methyl/N-ethyl adjacent to an activating group) is 1. The second kappa shape index (κ2) is 6.86. The fraction of sp³-hybridized carbons (Fsp3) is 0.875. The van der Waals surface area contributed by atoms with Crippen molar-refractivity contribution < 1.29 is 14.3 Å². The van der Waals surface area contributed by atoms with Gasteiger partial charge in [0, 0.05) is 38.8 Å². The van der Waals surface area contributed by atoms with E-state index in [9.17, 15) is 9.59 Å². The molecule has 1 fully saturated rings. The molecule has 0 aromatic carbocycles. The molecule has 6 nitrogen and oxygen atoms in total. The Morgan fingerprint density at radius 3 is 1.91 bits per heavy atom. The van der Waals surface area contributed by atoms with E-state index < -0.39 is 5.60 Å². The van der Waals surface area contributed by atoms with Gasteiger partial charge in [-0.3, -0.25) is 9.69 Å². The maximum absolute atomic E-state index is 12.2. The zero-order valence-corrected chi connectivity index (χ0v) is 15.1. The number of amides is 2. The Hall–Kier alpha value is -1.30. The van der Waals surface area contributed by atoms with Crippen molar-refractivity contribution in [2.75, 3.05) is 39.8 Å². The van der Waals surface area contributed by atoms with E-state index in [0.717, 1.165) is 0 Å². The molecule has 0 atom stereocenters. The summed E-state index contributed by atoms with van der Waals surface area (Å²) < 4.78 is 5.37. The summed E-state index contributed by atoms with van der Waals surface area (Å²) in [5.74, 6) is 0.109. The summed E-state index contributed by atoms with van der Waals surface area (Å²) in [4.78, 5) is 29.8. The van der Waals surface area contributed by atoms with Gasteiger partial charge in [0.05, 0.1) is 6.54 Å². The van der Waals surface area contributed by atoms with Crippen molar-refractivity contribution >= 4 is 12.0 Å². The smallest absolute Gasteiger partial charge is 0.410 e. The number of rotatable bonds is 2. The van der Waals surface area contributed by atoms with E-state index in [-0.39, 0.29) is 17.5 Å². The van der Waals surface area contributed by atoms with Gasteiger partial charge in [-0.15, -0.1) is 0 Å². The molecule has 22 heavy (non-hydrogen) atoms. The van der Waals surface area contributed by atoms with Crippen LogP contribution in [0, 0.1) is 0 Å². The zero-order chi connectivity index (χ0) is 17.1. The Morgan fingerprint density at radius 1 is 1.00 bits per heavy atom. The van der Waals surface area contributed by atoms with Gasteiger partial charge in [0.1, 0.15) is 5.60 Å². The summed E-state index contributed by atoms with van der Waals surface area (Å²) in [7, 11) is 1.83. The lowest BCUT2D eigenvalue weighted by atomic mass is 10.1. The molecule has 128 valence electrons. The van der Waals surface area contributed by atoms with E-state index in [2.05, 4.69) is 4.90 Å². The summed E-state index contributed by atoms with van der Waals surface area (Å²) >= 11 is 0. The van der Waals surface area contributed by atoms with Crippen LogP contribution in [0.5, 0.6) is 0 Å². The fourth-order valence-corrected chi connectivity index (χ4v) is 2.09. The van der Waals surface area contributed by atoms with Crippen LogP contribution in [0.2, 0.25) is 0 Å². The highest BCUT2D eigenvalue weighted by Gasteiger charge is 2.28. The molecule has 0 aromatic heterocycles. The lowest BCUT2D eigenvalue weighted by Gasteiger charge is -2.37. The Balaban J connectivity index is 2.43. The highest BCUT2D eigenvalue weighted by atomic mass is 16.6. The summed E-state index contributed by atoms with van der Waals surface area (Å²) in [6.45, 7) is 14.6. The van der Waals surface area contributed by atoms with E-state index >= 15 is 0 Å². The van der Waals surface area contributed by atoms with Gasteiger partial charge < -0.3 is 14.5 Å². The zero-order valence-electron chi connectivity index (χ0n) is 15.1. The van der Waals surface area contributed by atoms with Crippen LogP contribution in [0.3, 0.4) is 0 Å². The molecule has 1 aliphatic rings. The van der Waals surface area contributed by atoms with Gasteiger partial charge in [-0.2, -0.15) is 0 Å². The molecule has 1 rings (SSSR count). The summed E-state index contributed by atoms with van der Waals surface area (Å²) in [5, 5.41) is 0. The molecule has 1 heterocycles. The lowest BCUT2D eigenvalue weighted by molar-refractivity contribution is -0.135. The molecule has 1 aliphatic heterocycles. The molecule has 0 radical (unpaired) electrons. The van der Waals surface area contributed by atoms with Crippen molar-refractivity contribution in [3.05, 3.63) is 0 Å². The molecule has 0 aliphatic carbocycles. The molecular formula is C16H31N3O3. The standard InChI is InChI=1S/C16H31N3O3/c1-15(2,3)17(7)13(20)12-18-8-10-19(11-9-18)14(21)22-16(4,5)6/h8-12H2,1-7H3. The Bertz CT molecular complexity index is 402. The Kier molecular flexibility index (Phi) is 5.84. The molecule has 0 aromatic rings. The minimum absolute atomic E-state index is 0.109. The van der Waals surface area contributed by atoms with Gasteiger partial charge in [0.25, 0.3) is 0 Å². The van der Waals surface area contributed by atoms with Crippen LogP contribution in [-0.4, -0.2) is 77.6 Å². The van der Waals surface area contributed by atoms with Gasteiger partial charge in [-0.05, 0) is 41.5 Å². The van der Waals surface area contributed by atoms with Gasteiger partial charge >= 0.3 is 6.09 Å². The van der Waals surface area contributed by atoms with Crippen LogP contribution in [-0.2, 0) is 9.53 Å². The largest absolute Gasteiger partial charge is 0.444 e. The van der Waals surface area contributed by atoms with Gasteiger partial charge in [0.2, 0.25) is 5.91 Å². The van der Waals surface area contributed by atoms with Crippen molar-refractivity contribution in [1.82, 2.24) is 14.7 Å². The van der Waals surface area contributed by atoms with Crippen LogP contribution >= 0.6 is 0 Å². The monoisotopic (exact) mass is 313 g/mol. The summed E-state index contributed by atoms with van der Waals surface area (Å²) in [6.07, 6.45) is -0.273. The van der Waals surface area contributed by atoms with Crippen LogP contribution in [0.15, 0.2) is 0 Å². The molecule has 0 spiro atoms. The predicted octanol–water partition coefficient (Wildman–Crippen LogP) is 1.80. The minimum atomic E-state index is -0.473. The number of carbonyl (C=O) groups excluding carboxylic acids is 2. The maximum atomic E-state index is 12.2. The quantitative estimate of drug-likeness (QED) is 0.780. The van der Waals surface area contributed by atoms with Crippen LogP contribution in [0.1, 0.15) is 41.5 Å². The second-order valence-corrected chi connectivity index (χ2v) is 7.87. The molecule has 1 saturated heterocycles. The number of nitrogens with zero attached hydrogens (tertiary/aromatic N) is 3. The number of ether oxygens (including phenoxy) is 1. The number of piperazine rings is 1. The van der Waals surface area contributed by atoms with Crippen molar-refractivity contribution in [2.24, 2.45) is 0 Å². The van der Waals surface area contributed by atoms with E-state index in [1.54, 1.807) is 9.80 Å². The normalized spacial score (nSPS) is 17.3. The summed E-state index contributed by atoms with van der Waals surface area (Å²) in [6, 6.07) is 0. The SMILES string of the molecule is CN(C(=O)CN1CCN(C(=O)OC(C)(C)C)CC1)C(C)(C)C. The van der Waals surface area contributed by atoms with Gasteiger partial charge in [-0.25, -0.2) is 4.79 Å². The van der Waals surface area contributed by atoms with E-state index in [4.69, 9.17) is 4.74 Å². The lowest BCUT2D eigenvalue weighted by Crippen LogP contribution is -2.53. The maximum Gasteiger partial charge on any atom is 0.410 e. The van der Waals surface area contributed by atoms with Crippen LogP contribution in [0.25, 0.3) is 0 Å². The van der Waals surface area contributed by atoms with Crippen molar-refractivity contribution in [1.29, 1.82) is 0 Å². The Morgan fingerprint density at radius 2 is 1.50 bits per heavy atom. The van der Waals surface area contributed by atoms with E-state index in [1.807, 2.05) is 48.6 Å². The van der Waals surface area contributed by atoms with E-state index in [1.165, 1.54) is 0 Å². The number of hydrogen-bond acceptors (Lipinski definition) is 4. The second-order valence-electron chi connectivity index (χ2n) is 7.87. The molecule has 0 unspecified atom stereocenters. The average molecular weight is 313 g/mol. The van der Waals surface area contributed by atoms with Gasteiger partial charge in [-0.1, -0.05) is 0 Å². The van der Waals surface area contributed by atoms with Crippen LogP contribution < -0.4 is 0 Å². The highest BCUT2D eigenvalue weighted by molar-refractivity contribution is 5.78. The van der Waals surface area contributed by atoms with Crippen molar-refractivity contribution in [2.45, 2.75) is 52.7 Å². The third kappa shape index (κ3) is 5.83. The van der Waals surface area contributed by atoms with E-state index in [0.29, 0.717) is 32.7 Å². The fourth-order valence-electron chi connectivity index (χ4n) is 2.09. The molecule has 0 N–H and O–H groups in total. The molecular weight excluding hydrogens is 282 g/mol. The average Bonchev–Trinajstić information content (AvgIpc) is 2.35. The van der Waals surface area contributed by atoms with Crippen molar-refractivity contribution in [3.63, 3.8) is 0 Å². The molecule has 6 heteroatoms. The highest BCUT2D eigenvalue weighted by Crippen LogP contribution is 2.13. The Labute approximate surface area is 134 Å². The summed E-state index contributed by atoms with van der Waals surface area (Å²) in [5.41, 5.74) is -0.644. The first-order valence-corrected chi connectivity index (χ1v) is 7.87. The van der Waals surface area contributed by atoms with Crippen molar-refractivity contribution in [3.8, 4) is 0 Å². The molecule has 0 saturated carbocycles. The third-order valence-electron chi connectivity index (χ3n) is 3.76. The predicted molar refractivity (Wildman–Crippen MR) is 86.8 cm³/mol. The number of carbonyl (C=O) groups is 2. The van der Waals surface area contributed by atoms with Gasteiger partial charge in [0.15, 0.2) is 0 Å². The first-order valence-electron chi connectivity index (χ1n) is 7.87. The third-order valence-corrected chi connectivity index (χ3v) is 3.76. The number of hydrogen-bond donors (Lipinski definition) is 0. The molecule has 2 amide bonds. The first kappa shape index (κ1) is 18.7. The first-order chi connectivity index (χ1) is 9.90. The minimum Gasteiger partial charge on any atom is -0.444 e. The molecule has 0 bridgehead atoms. The van der Waals surface area contributed by atoms with Crippen LogP contribution in [0.4, 0.5) is 4.79 Å².